The highest BCUT2D eigenvalue weighted by Gasteiger charge is 2.22. The van der Waals surface area contributed by atoms with Gasteiger partial charge in [0.05, 0.1) is 13.2 Å². The van der Waals surface area contributed by atoms with E-state index in [0.29, 0.717) is 5.22 Å². The summed E-state index contributed by atoms with van der Waals surface area (Å²) >= 11 is 5.71. The van der Waals surface area contributed by atoms with E-state index < -0.39 is 0 Å². The predicted molar refractivity (Wildman–Crippen MR) is 58.9 cm³/mol. The van der Waals surface area contributed by atoms with E-state index in [1.807, 2.05) is 6.07 Å². The van der Waals surface area contributed by atoms with E-state index in [4.69, 9.17) is 16.0 Å². The van der Waals surface area contributed by atoms with E-state index >= 15 is 0 Å². The van der Waals surface area contributed by atoms with E-state index in [2.05, 4.69) is 4.90 Å². The monoisotopic (exact) mass is 229 g/mol. The van der Waals surface area contributed by atoms with Crippen molar-refractivity contribution in [1.29, 1.82) is 0 Å². The van der Waals surface area contributed by atoms with Crippen LogP contribution >= 0.6 is 11.6 Å². The van der Waals surface area contributed by atoms with Gasteiger partial charge in [0, 0.05) is 6.04 Å². The number of hydrogen-bond acceptors (Lipinski definition) is 3. The summed E-state index contributed by atoms with van der Waals surface area (Å²) in [6.07, 6.45) is 3.48. The molecule has 0 saturated carbocycles. The molecule has 1 atom stereocenters. The van der Waals surface area contributed by atoms with Gasteiger partial charge in [-0.3, -0.25) is 4.90 Å². The summed E-state index contributed by atoms with van der Waals surface area (Å²) in [6.45, 7) is 2.01. The van der Waals surface area contributed by atoms with Gasteiger partial charge >= 0.3 is 0 Å². The van der Waals surface area contributed by atoms with Gasteiger partial charge in [0.1, 0.15) is 5.76 Å². The van der Waals surface area contributed by atoms with Gasteiger partial charge in [-0.25, -0.2) is 0 Å². The van der Waals surface area contributed by atoms with Crippen LogP contribution in [0.25, 0.3) is 0 Å². The maximum absolute atomic E-state index is 9.25. The first-order valence-corrected chi connectivity index (χ1v) is 5.76. The Bertz CT molecular complexity index is 313. The van der Waals surface area contributed by atoms with E-state index in [1.165, 1.54) is 12.8 Å². The van der Waals surface area contributed by atoms with Crippen molar-refractivity contribution in [2.45, 2.75) is 31.8 Å². The number of hydrogen-bond donors (Lipinski definition) is 1. The van der Waals surface area contributed by atoms with Gasteiger partial charge in [-0.15, -0.1) is 0 Å². The maximum Gasteiger partial charge on any atom is 0.193 e. The Balaban J connectivity index is 1.97. The van der Waals surface area contributed by atoms with Gasteiger partial charge in [0.25, 0.3) is 0 Å². The quantitative estimate of drug-likeness (QED) is 0.864. The molecule has 0 radical (unpaired) electrons. The minimum absolute atomic E-state index is 0.231. The lowest BCUT2D eigenvalue weighted by molar-refractivity contribution is 0.0783. The zero-order valence-corrected chi connectivity index (χ0v) is 9.41. The molecule has 1 fully saturated rings. The summed E-state index contributed by atoms with van der Waals surface area (Å²) in [4.78, 5) is 2.26. The molecule has 0 aliphatic carbocycles. The third-order valence-corrected chi connectivity index (χ3v) is 3.15. The molecule has 1 unspecified atom stereocenters. The average molecular weight is 230 g/mol. The normalized spacial score (nSPS) is 23.2. The largest absolute Gasteiger partial charge is 0.448 e. The molecule has 0 amide bonds. The van der Waals surface area contributed by atoms with Crippen LogP contribution < -0.4 is 0 Å². The molecule has 3 nitrogen and oxygen atoms in total. The van der Waals surface area contributed by atoms with Crippen molar-refractivity contribution in [2.75, 3.05) is 13.2 Å². The molecular formula is C11H16ClNO2. The minimum atomic E-state index is 0.231. The van der Waals surface area contributed by atoms with E-state index in [9.17, 15) is 5.11 Å². The summed E-state index contributed by atoms with van der Waals surface area (Å²) in [5.41, 5.74) is 0. The van der Waals surface area contributed by atoms with Crippen molar-refractivity contribution < 1.29 is 9.52 Å². The number of nitrogens with zero attached hydrogens (tertiary/aromatic N) is 1. The molecule has 1 N–H and O–H groups in total. The van der Waals surface area contributed by atoms with Gasteiger partial charge in [-0.2, -0.15) is 0 Å². The first kappa shape index (κ1) is 11.0. The van der Waals surface area contributed by atoms with Gasteiger partial charge in [0.15, 0.2) is 5.22 Å². The average Bonchev–Trinajstić information content (AvgIpc) is 2.65. The number of likely N-dealkylation sites (tertiary alicyclic amines) is 1. The fraction of sp³-hybridized carbons (Fsp3) is 0.636. The second kappa shape index (κ2) is 5.01. The first-order chi connectivity index (χ1) is 7.29. The summed E-state index contributed by atoms with van der Waals surface area (Å²) in [5, 5.41) is 9.68. The van der Waals surface area contributed by atoms with Crippen LogP contribution in [0, 0.1) is 0 Å². The Labute approximate surface area is 94.6 Å². The lowest BCUT2D eigenvalue weighted by Gasteiger charge is -2.33. The Morgan fingerprint density at radius 1 is 1.47 bits per heavy atom. The van der Waals surface area contributed by atoms with Crippen LogP contribution in [-0.4, -0.2) is 29.2 Å². The number of aliphatic hydroxyl groups is 1. The molecule has 0 aromatic carbocycles. The zero-order chi connectivity index (χ0) is 10.7. The number of aliphatic hydroxyl groups excluding tert-OH is 1. The molecule has 0 bridgehead atoms. The highest BCUT2D eigenvalue weighted by atomic mass is 35.5. The smallest absolute Gasteiger partial charge is 0.193 e. The van der Waals surface area contributed by atoms with Crippen molar-refractivity contribution in [3.05, 3.63) is 23.1 Å². The maximum atomic E-state index is 9.25. The standard InChI is InChI=1S/C11H16ClNO2/c12-11-5-4-10(15-11)7-13-6-2-1-3-9(13)8-14/h4-5,9,14H,1-3,6-8H2. The summed E-state index contributed by atoms with van der Waals surface area (Å²) in [6, 6.07) is 3.93. The molecule has 1 aliphatic rings. The van der Waals surface area contributed by atoms with Crippen molar-refractivity contribution in [1.82, 2.24) is 4.90 Å². The number of piperidine rings is 1. The Morgan fingerprint density at radius 2 is 2.33 bits per heavy atom. The third kappa shape index (κ3) is 2.74. The van der Waals surface area contributed by atoms with Crippen LogP contribution in [0.3, 0.4) is 0 Å². The lowest BCUT2D eigenvalue weighted by Crippen LogP contribution is -2.41. The molecule has 0 spiro atoms. The SMILES string of the molecule is OCC1CCCCN1Cc1ccc(Cl)o1. The Kier molecular flexibility index (Phi) is 3.67. The molecule has 1 aromatic heterocycles. The predicted octanol–water partition coefficient (Wildman–Crippen LogP) is 2.28. The summed E-state index contributed by atoms with van der Waals surface area (Å²) in [7, 11) is 0. The Hall–Kier alpha value is -0.510. The van der Waals surface area contributed by atoms with Gasteiger partial charge < -0.3 is 9.52 Å². The molecule has 84 valence electrons. The van der Waals surface area contributed by atoms with Crippen molar-refractivity contribution in [2.24, 2.45) is 0 Å². The van der Waals surface area contributed by atoms with Crippen molar-refractivity contribution in [3.8, 4) is 0 Å². The number of halogens is 1. The summed E-state index contributed by atoms with van der Waals surface area (Å²) in [5.74, 6) is 0.875. The van der Waals surface area contributed by atoms with E-state index in [1.54, 1.807) is 6.07 Å². The first-order valence-electron chi connectivity index (χ1n) is 5.38. The third-order valence-electron chi connectivity index (χ3n) is 2.95. The molecule has 4 heteroatoms. The van der Waals surface area contributed by atoms with Crippen molar-refractivity contribution in [3.63, 3.8) is 0 Å². The molecule has 2 heterocycles. The van der Waals surface area contributed by atoms with Crippen LogP contribution in [0.15, 0.2) is 16.5 Å². The molecule has 1 aliphatic heterocycles. The molecule has 15 heavy (non-hydrogen) atoms. The van der Waals surface area contributed by atoms with E-state index in [0.717, 1.165) is 25.3 Å². The second-order valence-corrected chi connectivity index (χ2v) is 4.38. The van der Waals surface area contributed by atoms with Crippen LogP contribution in [0.5, 0.6) is 0 Å². The number of rotatable bonds is 3. The molecule has 1 saturated heterocycles. The van der Waals surface area contributed by atoms with Crippen LogP contribution in [-0.2, 0) is 6.54 Å². The molecule has 2 rings (SSSR count). The minimum Gasteiger partial charge on any atom is -0.448 e. The van der Waals surface area contributed by atoms with Crippen molar-refractivity contribution >= 4 is 11.6 Å². The fourth-order valence-electron chi connectivity index (χ4n) is 2.11. The van der Waals surface area contributed by atoms with Gasteiger partial charge in [-0.1, -0.05) is 6.42 Å². The fourth-order valence-corrected chi connectivity index (χ4v) is 2.27. The molecular weight excluding hydrogens is 214 g/mol. The second-order valence-electron chi connectivity index (χ2n) is 4.01. The topological polar surface area (TPSA) is 36.6 Å². The van der Waals surface area contributed by atoms with Crippen LogP contribution in [0.4, 0.5) is 0 Å². The lowest BCUT2D eigenvalue weighted by atomic mass is 10.0. The Morgan fingerprint density at radius 3 is 3.00 bits per heavy atom. The van der Waals surface area contributed by atoms with Gasteiger partial charge in [-0.05, 0) is 43.1 Å². The highest BCUT2D eigenvalue weighted by molar-refractivity contribution is 6.28. The van der Waals surface area contributed by atoms with Gasteiger partial charge in [0.2, 0.25) is 0 Å². The van der Waals surface area contributed by atoms with Crippen LogP contribution in [0.1, 0.15) is 25.0 Å². The van der Waals surface area contributed by atoms with Crippen LogP contribution in [0.2, 0.25) is 5.22 Å². The highest BCUT2D eigenvalue weighted by Crippen LogP contribution is 2.21. The summed E-state index contributed by atoms with van der Waals surface area (Å²) < 4.78 is 5.32. The molecule has 1 aromatic rings. The zero-order valence-electron chi connectivity index (χ0n) is 8.66. The number of furan rings is 1. The van der Waals surface area contributed by atoms with E-state index in [-0.39, 0.29) is 12.6 Å².